The first kappa shape index (κ1) is 26.2. The van der Waals surface area contributed by atoms with Crippen LogP contribution in [0.4, 0.5) is 5.69 Å². The fraction of sp³-hybridized carbons (Fsp3) is 0.419. The SMILES string of the molecule is CCN(CC)CCCNc1ccn2c(CCN(CC)CC)nc3c4c(O)c5ccccc5cc4c(=O)c1c32. The molecule has 2 heterocycles. The van der Waals surface area contributed by atoms with Crippen molar-refractivity contribution in [2.75, 3.05) is 51.1 Å². The van der Waals surface area contributed by atoms with Crippen LogP contribution < -0.4 is 10.7 Å². The van der Waals surface area contributed by atoms with Gasteiger partial charge >= 0.3 is 0 Å². The Bertz CT molecular complexity index is 1620. The third-order valence-electron chi connectivity index (χ3n) is 8.02. The molecule has 7 heteroatoms. The van der Waals surface area contributed by atoms with E-state index in [0.29, 0.717) is 21.7 Å². The lowest BCUT2D eigenvalue weighted by Gasteiger charge is -2.18. The number of nitrogens with one attached hydrogen (secondary N) is 1. The molecule has 7 nitrogen and oxygen atoms in total. The molecule has 0 aliphatic carbocycles. The molecule has 0 aliphatic rings. The van der Waals surface area contributed by atoms with Gasteiger partial charge in [0.15, 0.2) is 5.43 Å². The molecule has 0 unspecified atom stereocenters. The highest BCUT2D eigenvalue weighted by Crippen LogP contribution is 2.39. The van der Waals surface area contributed by atoms with E-state index in [2.05, 4.69) is 47.2 Å². The molecule has 200 valence electrons. The van der Waals surface area contributed by atoms with Crippen LogP contribution in [0.15, 0.2) is 47.4 Å². The van der Waals surface area contributed by atoms with Crippen molar-refractivity contribution in [1.82, 2.24) is 19.2 Å². The van der Waals surface area contributed by atoms with E-state index in [1.54, 1.807) is 0 Å². The predicted octanol–water partition coefficient (Wildman–Crippen LogP) is 5.33. The second-order valence-corrected chi connectivity index (χ2v) is 9.98. The maximum Gasteiger partial charge on any atom is 0.198 e. The Morgan fingerprint density at radius 2 is 1.63 bits per heavy atom. The van der Waals surface area contributed by atoms with Gasteiger partial charge in [-0.15, -0.1) is 0 Å². The van der Waals surface area contributed by atoms with Crippen LogP contribution in [0.2, 0.25) is 0 Å². The molecular weight excluding hydrogens is 474 g/mol. The summed E-state index contributed by atoms with van der Waals surface area (Å²) < 4.78 is 2.06. The first-order valence-corrected chi connectivity index (χ1v) is 14.0. The smallest absolute Gasteiger partial charge is 0.198 e. The number of anilines is 1. The van der Waals surface area contributed by atoms with Crippen molar-refractivity contribution >= 4 is 43.7 Å². The van der Waals surface area contributed by atoms with Crippen molar-refractivity contribution in [1.29, 1.82) is 0 Å². The first-order chi connectivity index (χ1) is 18.5. The minimum Gasteiger partial charge on any atom is -0.507 e. The molecule has 0 bridgehead atoms. The van der Waals surface area contributed by atoms with Crippen LogP contribution in [-0.4, -0.2) is 70.1 Å². The zero-order valence-electron chi connectivity index (χ0n) is 23.0. The topological polar surface area (TPSA) is 73.1 Å². The largest absolute Gasteiger partial charge is 0.507 e. The second-order valence-electron chi connectivity index (χ2n) is 9.98. The molecule has 0 saturated carbocycles. The quantitative estimate of drug-likeness (QED) is 0.174. The molecule has 2 aromatic heterocycles. The van der Waals surface area contributed by atoms with Crippen molar-refractivity contribution in [3.63, 3.8) is 0 Å². The summed E-state index contributed by atoms with van der Waals surface area (Å²) in [6.07, 6.45) is 3.77. The molecule has 0 spiro atoms. The highest BCUT2D eigenvalue weighted by Gasteiger charge is 2.23. The Hall–Kier alpha value is -3.42. The van der Waals surface area contributed by atoms with E-state index in [1.807, 2.05) is 42.6 Å². The number of hydrogen-bond donors (Lipinski definition) is 2. The molecule has 0 amide bonds. The van der Waals surface area contributed by atoms with Gasteiger partial charge in [-0.1, -0.05) is 52.0 Å². The number of hydrogen-bond acceptors (Lipinski definition) is 6. The predicted molar refractivity (Wildman–Crippen MR) is 159 cm³/mol. The van der Waals surface area contributed by atoms with E-state index >= 15 is 0 Å². The summed E-state index contributed by atoms with van der Waals surface area (Å²) in [5.41, 5.74) is 2.24. The minimum atomic E-state index is -0.0689. The Balaban J connectivity index is 1.68. The lowest BCUT2D eigenvalue weighted by Crippen LogP contribution is -2.26. The summed E-state index contributed by atoms with van der Waals surface area (Å²) in [6, 6.07) is 11.6. The van der Waals surface area contributed by atoms with Crippen molar-refractivity contribution < 1.29 is 5.11 Å². The average molecular weight is 514 g/mol. The average Bonchev–Trinajstić information content (AvgIpc) is 3.31. The van der Waals surface area contributed by atoms with Crippen LogP contribution in [0, 0.1) is 0 Å². The Kier molecular flexibility index (Phi) is 7.68. The number of nitrogens with zero attached hydrogens (tertiary/aromatic N) is 4. The van der Waals surface area contributed by atoms with Gasteiger partial charge in [-0.2, -0.15) is 0 Å². The van der Waals surface area contributed by atoms with Gasteiger partial charge in [-0.05, 0) is 56.7 Å². The third kappa shape index (κ3) is 4.54. The lowest BCUT2D eigenvalue weighted by atomic mass is 9.98. The van der Waals surface area contributed by atoms with Crippen molar-refractivity contribution in [2.24, 2.45) is 0 Å². The van der Waals surface area contributed by atoms with Gasteiger partial charge in [-0.25, -0.2) is 4.98 Å². The highest BCUT2D eigenvalue weighted by atomic mass is 16.3. The maximum atomic E-state index is 14.1. The minimum absolute atomic E-state index is 0.0689. The molecule has 0 atom stereocenters. The van der Waals surface area contributed by atoms with Gasteiger partial charge < -0.3 is 24.6 Å². The van der Waals surface area contributed by atoms with Gasteiger partial charge in [0.25, 0.3) is 0 Å². The standard InChI is InChI=1S/C31H39N5O2/c1-5-34(6-2)17-11-16-32-24-14-19-36-25(15-18-35(7-3)8-4)33-28-26-23(31(38)27(24)29(28)36)20-21-12-9-10-13-22(21)30(26)37/h9-10,12-14,19-20,32,37H,5-8,11,15-18H2,1-4H3. The highest BCUT2D eigenvalue weighted by molar-refractivity contribution is 6.21. The number of fused-ring (bicyclic) bond motifs is 3. The van der Waals surface area contributed by atoms with Gasteiger partial charge in [0.2, 0.25) is 0 Å². The van der Waals surface area contributed by atoms with Crippen molar-refractivity contribution in [3.8, 4) is 5.75 Å². The molecule has 5 aromatic rings. The summed E-state index contributed by atoms with van der Waals surface area (Å²) in [6.45, 7) is 15.4. The van der Waals surface area contributed by atoms with Crippen molar-refractivity contribution in [2.45, 2.75) is 40.5 Å². The number of aromatic hydroxyl groups is 1. The molecule has 3 aromatic carbocycles. The summed E-state index contributed by atoms with van der Waals surface area (Å²) in [5, 5.41) is 18.3. The number of aromatic nitrogens is 2. The molecule has 5 rings (SSSR count). The van der Waals surface area contributed by atoms with Gasteiger partial charge in [-0.3, -0.25) is 4.79 Å². The number of likely N-dealkylation sites (N-methyl/N-ethyl adjacent to an activating group) is 1. The van der Waals surface area contributed by atoms with Gasteiger partial charge in [0.05, 0.1) is 16.3 Å². The zero-order chi connectivity index (χ0) is 26.8. The lowest BCUT2D eigenvalue weighted by molar-refractivity contribution is 0.303. The van der Waals surface area contributed by atoms with E-state index in [-0.39, 0.29) is 11.2 Å². The first-order valence-electron chi connectivity index (χ1n) is 14.0. The molecule has 0 radical (unpaired) electrons. The van der Waals surface area contributed by atoms with Crippen LogP contribution in [0.1, 0.15) is 39.9 Å². The number of benzene rings is 3. The normalized spacial score (nSPS) is 12.3. The fourth-order valence-electron chi connectivity index (χ4n) is 5.71. The summed E-state index contributed by atoms with van der Waals surface area (Å²) in [7, 11) is 0. The van der Waals surface area contributed by atoms with Gasteiger partial charge in [0.1, 0.15) is 17.1 Å². The maximum absolute atomic E-state index is 14.1. The zero-order valence-corrected chi connectivity index (χ0v) is 23.0. The van der Waals surface area contributed by atoms with E-state index in [9.17, 15) is 9.90 Å². The number of pyridine rings is 1. The van der Waals surface area contributed by atoms with Crippen molar-refractivity contribution in [3.05, 3.63) is 58.6 Å². The fourth-order valence-corrected chi connectivity index (χ4v) is 5.71. The van der Waals surface area contributed by atoms with Crippen LogP contribution in [0.25, 0.3) is 38.0 Å². The molecule has 38 heavy (non-hydrogen) atoms. The van der Waals surface area contributed by atoms with Gasteiger partial charge in [0, 0.05) is 42.2 Å². The number of phenolic OH excluding ortho intramolecular Hbond substituents is 1. The molecule has 2 N–H and O–H groups in total. The summed E-state index contributed by atoms with van der Waals surface area (Å²) in [4.78, 5) is 24.0. The summed E-state index contributed by atoms with van der Waals surface area (Å²) >= 11 is 0. The molecule has 0 fully saturated rings. The Morgan fingerprint density at radius 3 is 2.37 bits per heavy atom. The van der Waals surface area contributed by atoms with E-state index in [1.165, 1.54) is 0 Å². The Morgan fingerprint density at radius 1 is 0.921 bits per heavy atom. The number of phenols is 1. The van der Waals surface area contributed by atoms with E-state index in [0.717, 1.165) is 86.5 Å². The second kappa shape index (κ2) is 11.1. The van der Waals surface area contributed by atoms with E-state index < -0.39 is 0 Å². The monoisotopic (exact) mass is 513 g/mol. The number of rotatable bonds is 12. The molecule has 0 saturated heterocycles. The van der Waals surface area contributed by atoms with Crippen LogP contribution in [-0.2, 0) is 6.42 Å². The molecular formula is C31H39N5O2. The third-order valence-corrected chi connectivity index (χ3v) is 8.02. The number of imidazole rings is 1. The van der Waals surface area contributed by atoms with Crippen LogP contribution in [0.3, 0.4) is 0 Å². The van der Waals surface area contributed by atoms with E-state index in [4.69, 9.17) is 4.98 Å². The van der Waals surface area contributed by atoms with Crippen LogP contribution >= 0.6 is 0 Å². The van der Waals surface area contributed by atoms with Crippen LogP contribution in [0.5, 0.6) is 5.75 Å². The Labute approximate surface area is 224 Å². The molecule has 0 aliphatic heterocycles. The summed E-state index contributed by atoms with van der Waals surface area (Å²) in [5.74, 6) is 1.04.